The molecule has 0 atom stereocenters. The number of halogens is 3. The Balaban J connectivity index is -0.000000109. The molecule has 0 fully saturated rings. The van der Waals surface area contributed by atoms with Crippen LogP contribution in [-0.4, -0.2) is 11.1 Å². The molecule has 6 heteroatoms. The third-order valence-electron chi connectivity index (χ3n) is 1.86. The Hall–Kier alpha value is -0.766. The van der Waals surface area contributed by atoms with Gasteiger partial charge in [0.2, 0.25) is 0 Å². The summed E-state index contributed by atoms with van der Waals surface area (Å²) in [5.41, 5.74) is 1.40. The van der Waals surface area contributed by atoms with Crippen LogP contribution in [-0.2, 0) is 18.6 Å². The van der Waals surface area contributed by atoms with E-state index in [-0.39, 0.29) is 55.8 Å². The van der Waals surface area contributed by atoms with Gasteiger partial charge in [0.05, 0.1) is 5.56 Å². The van der Waals surface area contributed by atoms with Crippen molar-refractivity contribution in [2.75, 3.05) is 0 Å². The molecule has 0 aliphatic rings. The summed E-state index contributed by atoms with van der Waals surface area (Å²) < 4.78 is 0. The van der Waals surface area contributed by atoms with Gasteiger partial charge in [-0.2, -0.15) is 24.6 Å². The first-order valence-corrected chi connectivity index (χ1v) is 4.85. The van der Waals surface area contributed by atoms with E-state index in [4.69, 9.17) is 5.11 Å². The zero-order chi connectivity index (χ0) is 11.8. The number of carboxylic acids is 1. The minimum absolute atomic E-state index is 0. The normalized spacial score (nSPS) is 7.00. The van der Waals surface area contributed by atoms with Gasteiger partial charge < -0.3 is 42.3 Å². The Morgan fingerprint density at radius 3 is 1.35 bits per heavy atom. The van der Waals surface area contributed by atoms with Crippen molar-refractivity contribution in [2.24, 2.45) is 0 Å². The molecular formula is C14H13Cl3O2V. The third kappa shape index (κ3) is 12.3. The fourth-order valence-corrected chi connectivity index (χ4v) is 1.06. The van der Waals surface area contributed by atoms with E-state index >= 15 is 0 Å². The Kier molecular flexibility index (Phi) is 22.4. The van der Waals surface area contributed by atoms with Crippen LogP contribution in [0, 0.1) is 6.92 Å². The van der Waals surface area contributed by atoms with Crippen LogP contribution < -0.4 is 37.2 Å². The largest absolute Gasteiger partial charge is 4.00 e. The molecular weight excluding hydrogens is 357 g/mol. The maximum atomic E-state index is 10.2. The Bertz CT molecular complexity index is 439. The van der Waals surface area contributed by atoms with Crippen molar-refractivity contribution >= 4 is 5.97 Å². The van der Waals surface area contributed by atoms with Crippen molar-refractivity contribution in [3.63, 3.8) is 0 Å². The number of carbonyl (C=O) groups is 1. The van der Waals surface area contributed by atoms with Crippen LogP contribution in [0.25, 0.3) is 0 Å². The van der Waals surface area contributed by atoms with Gasteiger partial charge in [-0.15, -0.1) is 12.1 Å². The second kappa shape index (κ2) is 16.3. The zero-order valence-corrected chi connectivity index (χ0v) is 14.1. The molecule has 0 aliphatic carbocycles. The topological polar surface area (TPSA) is 37.3 Å². The molecule has 0 bridgehead atoms. The first-order valence-electron chi connectivity index (χ1n) is 4.85. The Morgan fingerprint density at radius 2 is 1.15 bits per heavy atom. The van der Waals surface area contributed by atoms with Gasteiger partial charge in [-0.3, -0.25) is 0 Å². The maximum absolute atomic E-state index is 10.2. The molecule has 0 aliphatic heterocycles. The third-order valence-corrected chi connectivity index (χ3v) is 1.86. The van der Waals surface area contributed by atoms with Crippen molar-refractivity contribution < 1.29 is 65.7 Å². The quantitative estimate of drug-likeness (QED) is 0.508. The molecule has 20 heavy (non-hydrogen) atoms. The van der Waals surface area contributed by atoms with Gasteiger partial charge in [-0.1, -0.05) is 24.3 Å². The van der Waals surface area contributed by atoms with Gasteiger partial charge in [0, 0.05) is 0 Å². The summed E-state index contributed by atoms with van der Waals surface area (Å²) in [7, 11) is 0. The average Bonchev–Trinajstić information content (AvgIpc) is 2.32. The predicted molar refractivity (Wildman–Crippen MR) is 64.3 cm³/mol. The molecule has 0 saturated heterocycles. The van der Waals surface area contributed by atoms with Crippen LogP contribution in [0.15, 0.2) is 60.7 Å². The number of hydrogen-bond acceptors (Lipinski definition) is 1. The van der Waals surface area contributed by atoms with Crippen molar-refractivity contribution in [3.8, 4) is 0 Å². The van der Waals surface area contributed by atoms with Crippen LogP contribution in [0.2, 0.25) is 0 Å². The van der Waals surface area contributed by atoms with E-state index < -0.39 is 5.97 Å². The zero-order valence-electron chi connectivity index (χ0n) is 10.4. The van der Waals surface area contributed by atoms with Gasteiger partial charge in [0.25, 0.3) is 0 Å². The molecule has 2 aromatic carbocycles. The SMILES string of the molecule is O=C(O)c1ccccc1.[CH2-]c1ccccc1.[Cl-].[Cl-].[Cl-].[V+4]. The minimum atomic E-state index is -0.879. The molecule has 0 spiro atoms. The number of hydrogen-bond donors (Lipinski definition) is 1. The molecule has 0 amide bonds. The summed E-state index contributed by atoms with van der Waals surface area (Å²) in [4.78, 5) is 10.2. The van der Waals surface area contributed by atoms with Crippen LogP contribution in [0.3, 0.4) is 0 Å². The maximum Gasteiger partial charge on any atom is 4.00 e. The Morgan fingerprint density at radius 1 is 0.800 bits per heavy atom. The van der Waals surface area contributed by atoms with E-state index in [0.717, 1.165) is 5.56 Å². The number of rotatable bonds is 1. The van der Waals surface area contributed by atoms with Crippen LogP contribution >= 0.6 is 0 Å². The number of carboxylic acid groups (broad SMARTS) is 1. The van der Waals surface area contributed by atoms with Gasteiger partial charge in [0.15, 0.2) is 0 Å². The predicted octanol–water partition coefficient (Wildman–Crippen LogP) is -5.74. The fourth-order valence-electron chi connectivity index (χ4n) is 1.06. The number of aromatic carboxylic acids is 1. The summed E-state index contributed by atoms with van der Waals surface area (Å²) in [6.45, 7) is 3.72. The molecule has 107 valence electrons. The van der Waals surface area contributed by atoms with Crippen LogP contribution in [0.5, 0.6) is 0 Å². The van der Waals surface area contributed by atoms with E-state index in [1.807, 2.05) is 30.3 Å². The van der Waals surface area contributed by atoms with E-state index in [9.17, 15) is 4.79 Å². The second-order valence-electron chi connectivity index (χ2n) is 3.16. The van der Waals surface area contributed by atoms with E-state index in [2.05, 4.69) is 6.92 Å². The average molecular weight is 371 g/mol. The summed E-state index contributed by atoms with van der Waals surface area (Å²) in [6, 6.07) is 18.2. The fraction of sp³-hybridized carbons (Fsp3) is 0. The summed E-state index contributed by atoms with van der Waals surface area (Å²) in [6.07, 6.45) is 0. The van der Waals surface area contributed by atoms with Crippen molar-refractivity contribution in [1.29, 1.82) is 0 Å². The van der Waals surface area contributed by atoms with Crippen LogP contribution in [0.1, 0.15) is 15.9 Å². The monoisotopic (exact) mass is 369 g/mol. The summed E-state index contributed by atoms with van der Waals surface area (Å²) >= 11 is 0. The molecule has 0 heterocycles. The Labute approximate surface area is 150 Å². The van der Waals surface area contributed by atoms with Gasteiger partial charge in [0.1, 0.15) is 0 Å². The van der Waals surface area contributed by atoms with Crippen molar-refractivity contribution in [2.45, 2.75) is 0 Å². The molecule has 2 aromatic rings. The van der Waals surface area contributed by atoms with E-state index in [1.165, 1.54) is 0 Å². The molecule has 0 aromatic heterocycles. The van der Waals surface area contributed by atoms with Crippen LogP contribution in [0.4, 0.5) is 0 Å². The molecule has 2 rings (SSSR count). The van der Waals surface area contributed by atoms with E-state index in [0.29, 0.717) is 5.56 Å². The standard InChI is InChI=1S/C7H6O2.C7H7.3ClH.V/c8-7(9)6-4-2-1-3-5-6;1-7-5-3-2-4-6-7;;;;/h1-5H,(H,8,9);2-6H,1H2;3*1H;/q;-1;;;;+4/p-3. The molecule has 0 unspecified atom stereocenters. The van der Waals surface area contributed by atoms with Crippen molar-refractivity contribution in [3.05, 3.63) is 78.7 Å². The van der Waals surface area contributed by atoms with Crippen molar-refractivity contribution in [1.82, 2.24) is 0 Å². The first kappa shape index (κ1) is 27.6. The van der Waals surface area contributed by atoms with Gasteiger partial charge in [-0.05, 0) is 12.1 Å². The summed E-state index contributed by atoms with van der Waals surface area (Å²) in [5.74, 6) is -0.879. The molecule has 1 radical (unpaired) electrons. The van der Waals surface area contributed by atoms with E-state index in [1.54, 1.807) is 30.3 Å². The van der Waals surface area contributed by atoms with Gasteiger partial charge in [-0.25, -0.2) is 4.79 Å². The smallest absolute Gasteiger partial charge is 1.00 e. The number of benzene rings is 2. The van der Waals surface area contributed by atoms with Gasteiger partial charge >= 0.3 is 24.5 Å². The molecule has 0 saturated carbocycles. The molecule has 2 nitrogen and oxygen atoms in total. The minimum Gasteiger partial charge on any atom is -1.00 e. The summed E-state index contributed by atoms with van der Waals surface area (Å²) in [5, 5.41) is 8.38. The first-order chi connectivity index (χ1) is 7.70. The molecule has 1 N–H and O–H groups in total. The second-order valence-corrected chi connectivity index (χ2v) is 3.16.